The number of carbonyl (C=O) groups is 2. The van der Waals surface area contributed by atoms with Gasteiger partial charge in [-0.3, -0.25) is 9.59 Å². The minimum absolute atomic E-state index is 0.386. The van der Waals surface area contributed by atoms with Crippen molar-refractivity contribution in [2.75, 3.05) is 0 Å². The molecule has 0 aliphatic heterocycles. The lowest BCUT2D eigenvalue weighted by Crippen LogP contribution is -1.92. The average molecular weight is 256 g/mol. The summed E-state index contributed by atoms with van der Waals surface area (Å²) in [7, 11) is 0. The summed E-state index contributed by atoms with van der Waals surface area (Å²) in [4.78, 5) is 20.6. The Balaban J connectivity index is 2.32. The van der Waals surface area contributed by atoms with Crippen molar-refractivity contribution < 1.29 is 19.1 Å². The summed E-state index contributed by atoms with van der Waals surface area (Å²) in [6, 6.07) is 12.7. The van der Waals surface area contributed by atoms with Crippen LogP contribution in [0.3, 0.4) is 0 Å². The van der Waals surface area contributed by atoms with Crippen LogP contribution >= 0.6 is 0 Å². The Labute approximate surface area is 110 Å². The molecule has 96 valence electrons. The van der Waals surface area contributed by atoms with Gasteiger partial charge >= 0.3 is 0 Å². The van der Waals surface area contributed by atoms with E-state index in [1.54, 1.807) is 18.2 Å². The van der Waals surface area contributed by atoms with Crippen LogP contribution in [0.2, 0.25) is 0 Å². The molecule has 4 heteroatoms. The first-order valence-corrected chi connectivity index (χ1v) is 5.66. The molecule has 0 unspecified atom stereocenters. The van der Waals surface area contributed by atoms with E-state index in [2.05, 4.69) is 0 Å². The summed E-state index contributed by atoms with van der Waals surface area (Å²) >= 11 is 0. The van der Waals surface area contributed by atoms with Crippen molar-refractivity contribution in [3.8, 4) is 22.6 Å². The van der Waals surface area contributed by atoms with Crippen LogP contribution in [0.5, 0.6) is 11.5 Å². The number of hydrogen-bond acceptors (Lipinski definition) is 4. The molecule has 2 aromatic rings. The van der Waals surface area contributed by atoms with E-state index in [4.69, 9.17) is 9.47 Å². The highest BCUT2D eigenvalue weighted by atomic mass is 16.5. The maximum Gasteiger partial charge on any atom is 0.298 e. The molecule has 0 atom stereocenters. The minimum Gasteiger partial charge on any atom is -0.429 e. The smallest absolute Gasteiger partial charge is 0.298 e. The van der Waals surface area contributed by atoms with Crippen LogP contribution in [0, 0.1) is 6.92 Å². The summed E-state index contributed by atoms with van der Waals surface area (Å²) in [6.07, 6.45) is 0. The van der Waals surface area contributed by atoms with E-state index in [9.17, 15) is 9.59 Å². The van der Waals surface area contributed by atoms with Gasteiger partial charge in [0.25, 0.3) is 12.9 Å². The lowest BCUT2D eigenvalue weighted by atomic mass is 10.0. The second kappa shape index (κ2) is 5.82. The molecule has 0 aliphatic carbocycles. The summed E-state index contributed by atoms with van der Waals surface area (Å²) < 4.78 is 9.64. The van der Waals surface area contributed by atoms with Crippen molar-refractivity contribution in [3.63, 3.8) is 0 Å². The second-order valence-corrected chi connectivity index (χ2v) is 3.93. The Morgan fingerprint density at radius 3 is 2.11 bits per heavy atom. The first-order chi connectivity index (χ1) is 9.24. The predicted molar refractivity (Wildman–Crippen MR) is 70.0 cm³/mol. The van der Waals surface area contributed by atoms with E-state index in [1.807, 2.05) is 31.2 Å². The molecule has 0 bridgehead atoms. The van der Waals surface area contributed by atoms with Crippen molar-refractivity contribution in [1.29, 1.82) is 0 Å². The SMILES string of the molecule is Cc1ccc(-c2ccc(OC=O)cc2)cc1OC=O. The molecule has 0 amide bonds. The highest BCUT2D eigenvalue weighted by Gasteiger charge is 2.04. The fourth-order valence-electron chi connectivity index (χ4n) is 1.74. The van der Waals surface area contributed by atoms with E-state index < -0.39 is 0 Å². The maximum absolute atomic E-state index is 10.4. The van der Waals surface area contributed by atoms with Crippen LogP contribution < -0.4 is 9.47 Å². The van der Waals surface area contributed by atoms with Crippen molar-refractivity contribution in [2.24, 2.45) is 0 Å². The largest absolute Gasteiger partial charge is 0.429 e. The molecular weight excluding hydrogens is 244 g/mol. The predicted octanol–water partition coefficient (Wildman–Crippen LogP) is 2.73. The fraction of sp³-hybridized carbons (Fsp3) is 0.0667. The molecule has 0 aliphatic rings. The quantitative estimate of drug-likeness (QED) is 0.772. The Hall–Kier alpha value is -2.62. The number of benzene rings is 2. The van der Waals surface area contributed by atoms with Gasteiger partial charge < -0.3 is 9.47 Å². The first kappa shape index (κ1) is 12.8. The van der Waals surface area contributed by atoms with Gasteiger partial charge in [-0.25, -0.2) is 0 Å². The number of aryl methyl sites for hydroxylation is 1. The number of carbonyl (C=O) groups excluding carboxylic acids is 2. The first-order valence-electron chi connectivity index (χ1n) is 5.66. The molecule has 0 fully saturated rings. The van der Waals surface area contributed by atoms with E-state index in [0.29, 0.717) is 24.4 Å². The molecule has 0 aromatic heterocycles. The molecule has 0 saturated heterocycles. The van der Waals surface area contributed by atoms with Gasteiger partial charge in [0.2, 0.25) is 0 Å². The van der Waals surface area contributed by atoms with Crippen LogP contribution in [0.1, 0.15) is 5.56 Å². The monoisotopic (exact) mass is 256 g/mol. The zero-order chi connectivity index (χ0) is 13.7. The maximum atomic E-state index is 10.4. The Kier molecular flexibility index (Phi) is 3.93. The molecule has 2 rings (SSSR count). The third kappa shape index (κ3) is 2.98. The van der Waals surface area contributed by atoms with E-state index >= 15 is 0 Å². The third-order valence-corrected chi connectivity index (χ3v) is 2.74. The highest BCUT2D eigenvalue weighted by molar-refractivity contribution is 5.67. The number of hydrogen-bond donors (Lipinski definition) is 0. The highest BCUT2D eigenvalue weighted by Crippen LogP contribution is 2.27. The van der Waals surface area contributed by atoms with Crippen LogP contribution in [-0.2, 0) is 9.59 Å². The molecule has 2 aromatic carbocycles. The molecule has 0 spiro atoms. The van der Waals surface area contributed by atoms with Gasteiger partial charge in [-0.15, -0.1) is 0 Å². The Morgan fingerprint density at radius 1 is 0.842 bits per heavy atom. The fourth-order valence-corrected chi connectivity index (χ4v) is 1.74. The lowest BCUT2D eigenvalue weighted by Gasteiger charge is -2.07. The third-order valence-electron chi connectivity index (χ3n) is 2.74. The van der Waals surface area contributed by atoms with E-state index in [-0.39, 0.29) is 0 Å². The zero-order valence-corrected chi connectivity index (χ0v) is 10.3. The number of ether oxygens (including phenoxy) is 2. The molecular formula is C15H12O4. The normalized spacial score (nSPS) is 9.74. The summed E-state index contributed by atoms with van der Waals surface area (Å²) in [5, 5.41) is 0. The van der Waals surface area contributed by atoms with Gasteiger partial charge in [-0.2, -0.15) is 0 Å². The van der Waals surface area contributed by atoms with Crippen molar-refractivity contribution in [1.82, 2.24) is 0 Å². The number of rotatable bonds is 5. The molecule has 0 radical (unpaired) electrons. The zero-order valence-electron chi connectivity index (χ0n) is 10.3. The van der Waals surface area contributed by atoms with Gasteiger partial charge in [-0.05, 0) is 41.8 Å². The molecule has 0 N–H and O–H groups in total. The topological polar surface area (TPSA) is 52.6 Å². The summed E-state index contributed by atoms with van der Waals surface area (Å²) in [6.45, 7) is 2.66. The van der Waals surface area contributed by atoms with Gasteiger partial charge in [0.15, 0.2) is 0 Å². The molecule has 0 heterocycles. The van der Waals surface area contributed by atoms with Gasteiger partial charge in [0, 0.05) is 0 Å². The molecule has 4 nitrogen and oxygen atoms in total. The van der Waals surface area contributed by atoms with Crippen molar-refractivity contribution in [3.05, 3.63) is 48.0 Å². The molecule has 19 heavy (non-hydrogen) atoms. The minimum atomic E-state index is 0.386. The van der Waals surface area contributed by atoms with Gasteiger partial charge in [0.05, 0.1) is 0 Å². The Morgan fingerprint density at radius 2 is 1.47 bits per heavy atom. The second-order valence-electron chi connectivity index (χ2n) is 3.93. The van der Waals surface area contributed by atoms with Gasteiger partial charge in [-0.1, -0.05) is 24.3 Å². The van der Waals surface area contributed by atoms with Gasteiger partial charge in [0.1, 0.15) is 11.5 Å². The van der Waals surface area contributed by atoms with Crippen LogP contribution in [0.4, 0.5) is 0 Å². The standard InChI is InChI=1S/C15H12O4/c1-11-2-3-13(8-15(11)19-10-17)12-4-6-14(7-5-12)18-9-16/h2-10H,1H3. The van der Waals surface area contributed by atoms with Crippen LogP contribution in [-0.4, -0.2) is 12.9 Å². The van der Waals surface area contributed by atoms with E-state index in [1.165, 1.54) is 0 Å². The lowest BCUT2D eigenvalue weighted by molar-refractivity contribution is -0.121. The van der Waals surface area contributed by atoms with Crippen LogP contribution in [0.15, 0.2) is 42.5 Å². The molecule has 0 saturated carbocycles. The summed E-state index contributed by atoms with van der Waals surface area (Å²) in [5.41, 5.74) is 2.74. The van der Waals surface area contributed by atoms with Crippen molar-refractivity contribution in [2.45, 2.75) is 6.92 Å². The average Bonchev–Trinajstić information content (AvgIpc) is 2.43. The Bertz CT molecular complexity index is 588. The van der Waals surface area contributed by atoms with E-state index in [0.717, 1.165) is 16.7 Å². The summed E-state index contributed by atoms with van der Waals surface area (Å²) in [5.74, 6) is 1.01. The van der Waals surface area contributed by atoms with Crippen LogP contribution in [0.25, 0.3) is 11.1 Å². The van der Waals surface area contributed by atoms with Crippen molar-refractivity contribution >= 4 is 12.9 Å².